The first kappa shape index (κ1) is 101. The normalized spacial score (nSPS) is 16.5. The summed E-state index contributed by atoms with van der Waals surface area (Å²) in [4.78, 5) is 29.2. The largest absolute Gasteiger partial charge is 0.507 e. The number of benzene rings is 8. The molecule has 0 saturated heterocycles. The molecule has 107 heavy (non-hydrogen) atoms. The Bertz CT molecular complexity index is 3120. The third-order valence-corrected chi connectivity index (χ3v) is 19.3. The smallest absolute Gasteiger partial charge is 0.438 e. The van der Waals surface area contributed by atoms with Crippen molar-refractivity contribution in [2.24, 2.45) is 23.7 Å². The van der Waals surface area contributed by atoms with E-state index in [9.17, 15) is 14.4 Å². The average Bonchev–Trinajstić information content (AvgIpc) is 1.56. The molecule has 4 unspecified atom stereocenters. The van der Waals surface area contributed by atoms with Gasteiger partial charge in [0, 0.05) is 10.8 Å². The zero-order chi connectivity index (χ0) is 80.7. The number of methoxy groups -OCH3 is 6. The minimum atomic E-state index is -0.657. The summed E-state index contributed by atoms with van der Waals surface area (Å²) in [5, 5.41) is 0. The van der Waals surface area contributed by atoms with Gasteiger partial charge in [-0.05, 0) is 118 Å². The SMILES string of the molecule is CC.CC.CC.CC.CC.CC.CC.CC.CC.COC(=O)OC.COC(=O)OC.COC(=O)OC.c1ccc(C2(c3ccccc3)CC3CC2C2CCCC32)cc1.c1ccc(C2(c3ccccc3)CCCCCCCCCCC2)cc1.c1ccc(C2(c3ccccc3)c3ccccc3-c3ccccc32)cc1. The van der Waals surface area contributed by atoms with E-state index in [2.05, 4.69) is 259 Å². The van der Waals surface area contributed by atoms with Crippen LogP contribution in [0.3, 0.4) is 0 Å². The molecule has 4 fully saturated rings. The Labute approximate surface area is 653 Å². The molecule has 8 aromatic carbocycles. The van der Waals surface area contributed by atoms with Gasteiger partial charge in [0.15, 0.2) is 0 Å². The Morgan fingerprint density at radius 1 is 0.280 bits per heavy atom. The average molecular weight is 1470 g/mol. The van der Waals surface area contributed by atoms with E-state index in [0.717, 1.165) is 23.7 Å². The molecule has 0 radical (unpaired) electrons. The number of fused-ring (bicyclic) bond motifs is 8. The van der Waals surface area contributed by atoms with Crippen molar-refractivity contribution in [2.45, 2.75) is 244 Å². The van der Waals surface area contributed by atoms with E-state index in [4.69, 9.17) is 0 Å². The summed E-state index contributed by atoms with van der Waals surface area (Å²) in [6.07, 6.45) is 20.6. The molecule has 0 amide bonds. The lowest BCUT2D eigenvalue weighted by molar-refractivity contribution is 0.0915. The monoisotopic (exact) mass is 1470 g/mol. The second-order valence-electron chi connectivity index (χ2n) is 23.8. The summed E-state index contributed by atoms with van der Waals surface area (Å²) < 4.78 is 24.2. The van der Waals surface area contributed by atoms with Crippen LogP contribution >= 0.6 is 0 Å². The van der Waals surface area contributed by atoms with Gasteiger partial charge in [0.1, 0.15) is 0 Å². The summed E-state index contributed by atoms with van der Waals surface area (Å²) in [6, 6.07) is 84.9. The lowest BCUT2D eigenvalue weighted by Gasteiger charge is -2.44. The van der Waals surface area contributed by atoms with Crippen LogP contribution in [0.5, 0.6) is 0 Å². The quantitative estimate of drug-likeness (QED) is 0.119. The van der Waals surface area contributed by atoms with Crippen LogP contribution in [0, 0.1) is 23.7 Å². The number of carbonyl (C=O) groups excluding carboxylic acids is 3. The van der Waals surface area contributed by atoms with Gasteiger partial charge in [-0.1, -0.05) is 419 Å². The van der Waals surface area contributed by atoms with Gasteiger partial charge >= 0.3 is 18.5 Å². The van der Waals surface area contributed by atoms with E-state index in [1.54, 1.807) is 11.1 Å². The van der Waals surface area contributed by atoms with Crippen molar-refractivity contribution in [1.29, 1.82) is 0 Å². The maximum atomic E-state index is 9.74. The number of hydrogen-bond donors (Lipinski definition) is 0. The Kier molecular flexibility index (Phi) is 58.9. The van der Waals surface area contributed by atoms with Gasteiger partial charge in [-0.25, -0.2) is 14.4 Å². The minimum absolute atomic E-state index is 0.210. The maximum absolute atomic E-state index is 9.74. The number of ether oxygens (including phenoxy) is 6. The van der Waals surface area contributed by atoms with Gasteiger partial charge in [-0.15, -0.1) is 0 Å². The molecule has 0 N–H and O–H groups in total. The fourth-order valence-electron chi connectivity index (χ4n) is 15.6. The maximum Gasteiger partial charge on any atom is 0.507 e. The molecule has 0 aliphatic heterocycles. The van der Waals surface area contributed by atoms with Crippen LogP contribution in [0.25, 0.3) is 11.1 Å². The molecule has 0 heterocycles. The van der Waals surface area contributed by atoms with Gasteiger partial charge < -0.3 is 28.4 Å². The van der Waals surface area contributed by atoms with Crippen LogP contribution in [0.2, 0.25) is 0 Å². The predicted molar refractivity (Wildman–Crippen MR) is 459 cm³/mol. The molecule has 13 rings (SSSR count). The zero-order valence-corrected chi connectivity index (χ0v) is 71.2. The van der Waals surface area contributed by atoms with Crippen molar-refractivity contribution in [2.75, 3.05) is 42.7 Å². The molecule has 5 aliphatic rings. The number of carbonyl (C=O) groups is 3. The van der Waals surface area contributed by atoms with Crippen molar-refractivity contribution in [3.63, 3.8) is 0 Å². The van der Waals surface area contributed by atoms with Gasteiger partial charge in [0.05, 0.1) is 48.1 Å². The molecule has 592 valence electrons. The second-order valence-corrected chi connectivity index (χ2v) is 23.8. The van der Waals surface area contributed by atoms with Gasteiger partial charge in [0.2, 0.25) is 0 Å². The highest BCUT2D eigenvalue weighted by atomic mass is 16.7. The van der Waals surface area contributed by atoms with Crippen LogP contribution in [-0.2, 0) is 44.7 Å². The van der Waals surface area contributed by atoms with Crippen molar-refractivity contribution < 1.29 is 42.8 Å². The molecule has 2 bridgehead atoms. The first-order chi connectivity index (χ1) is 52.7. The predicted octanol–water partition coefficient (Wildman–Crippen LogP) is 29.2. The number of rotatable bonds is 6. The highest BCUT2D eigenvalue weighted by molar-refractivity contribution is 5.86. The fourth-order valence-corrected chi connectivity index (χ4v) is 15.6. The Morgan fingerprint density at radius 3 is 0.804 bits per heavy atom. The molecule has 0 spiro atoms. The Morgan fingerprint density at radius 2 is 0.523 bits per heavy atom. The summed E-state index contributed by atoms with van der Waals surface area (Å²) in [5.41, 5.74) is 14.5. The molecule has 8 aromatic rings. The Balaban J connectivity index is 0. The molecule has 9 nitrogen and oxygen atoms in total. The van der Waals surface area contributed by atoms with E-state index >= 15 is 0 Å². The molecule has 4 saturated carbocycles. The first-order valence-corrected chi connectivity index (χ1v) is 41.0. The molecule has 5 aliphatic carbocycles. The lowest BCUT2D eigenvalue weighted by atomic mass is 9.59. The molecule has 0 aromatic heterocycles. The third kappa shape index (κ3) is 29.2. The van der Waals surface area contributed by atoms with Crippen molar-refractivity contribution in [3.05, 3.63) is 275 Å². The molecule has 4 atom stereocenters. The highest BCUT2D eigenvalue weighted by Gasteiger charge is 2.61. The van der Waals surface area contributed by atoms with E-state index in [-0.39, 0.29) is 10.8 Å². The minimum Gasteiger partial charge on any atom is -0.438 e. The molecular weight excluding hydrogens is 1320 g/mol. The van der Waals surface area contributed by atoms with Crippen LogP contribution in [0.15, 0.2) is 231 Å². The van der Waals surface area contributed by atoms with Gasteiger partial charge in [-0.2, -0.15) is 0 Å². The summed E-state index contributed by atoms with van der Waals surface area (Å²) in [6.45, 7) is 36.0. The fraction of sp³-hybridized carbons (Fsp3) is 0.480. The van der Waals surface area contributed by atoms with Gasteiger partial charge in [0.25, 0.3) is 0 Å². The van der Waals surface area contributed by atoms with Crippen LogP contribution in [0.1, 0.15) is 272 Å². The molecular formula is C98H146O9. The van der Waals surface area contributed by atoms with E-state index in [1.807, 2.05) is 125 Å². The van der Waals surface area contributed by atoms with E-state index in [0.29, 0.717) is 5.41 Å². The van der Waals surface area contributed by atoms with Crippen LogP contribution in [-0.4, -0.2) is 61.1 Å². The van der Waals surface area contributed by atoms with Crippen molar-refractivity contribution in [3.8, 4) is 11.1 Å². The standard InChI is InChI=1S/C25H18.C24H32.C22H24.3C3H6O3.9C2H6/c1-3-11-19(12-4-1)25(20-13-5-2-6-14-20)23-17-9-7-15-21(23)22-16-8-10-18-24(22)25;1-2-4-6-14-20-24(21-15-7-5-3-1,22-16-10-8-11-17-22)23-18-12-9-13-19-23;1-3-8-17(9-4-1)22(18-10-5-2-6-11-18)15-16-14-21(22)20-13-7-12-19(16)20;3*1-5-3(4)6-2;9*1-2/h1-18H;8-13,16-19H,1-7,14-15,20-21H2;1-6,8-11,16,19-21H,7,12-15H2;3*1-2H3;9*1-2H3. The van der Waals surface area contributed by atoms with Crippen LogP contribution < -0.4 is 0 Å². The second kappa shape index (κ2) is 62.6. The van der Waals surface area contributed by atoms with Crippen molar-refractivity contribution in [1.82, 2.24) is 0 Å². The zero-order valence-electron chi connectivity index (χ0n) is 71.2. The van der Waals surface area contributed by atoms with Gasteiger partial charge in [-0.3, -0.25) is 0 Å². The summed E-state index contributed by atoms with van der Waals surface area (Å²) >= 11 is 0. The van der Waals surface area contributed by atoms with Crippen LogP contribution in [0.4, 0.5) is 14.4 Å². The third-order valence-electron chi connectivity index (χ3n) is 19.3. The summed E-state index contributed by atoms with van der Waals surface area (Å²) in [5.74, 6) is 3.87. The highest BCUT2D eigenvalue weighted by Crippen LogP contribution is 2.68. The van der Waals surface area contributed by atoms with Crippen molar-refractivity contribution >= 4 is 18.5 Å². The summed E-state index contributed by atoms with van der Waals surface area (Å²) in [7, 11) is 7.53. The molecule has 9 heteroatoms. The van der Waals surface area contributed by atoms with E-state index in [1.165, 1.54) is 190 Å². The Hall–Kier alpha value is -8.43. The number of hydrogen-bond acceptors (Lipinski definition) is 9. The lowest BCUT2D eigenvalue weighted by Crippen LogP contribution is -2.40. The van der Waals surface area contributed by atoms with E-state index < -0.39 is 18.5 Å². The first-order valence-electron chi connectivity index (χ1n) is 41.0. The topological polar surface area (TPSA) is 107 Å².